The summed E-state index contributed by atoms with van der Waals surface area (Å²) in [5.41, 5.74) is 1.54. The van der Waals surface area contributed by atoms with E-state index in [2.05, 4.69) is 0 Å². The molecule has 2 amide bonds. The highest BCUT2D eigenvalue weighted by Crippen LogP contribution is 2.40. The van der Waals surface area contributed by atoms with Crippen molar-refractivity contribution in [2.24, 2.45) is 0 Å². The van der Waals surface area contributed by atoms with E-state index in [1.807, 2.05) is 0 Å². The SMILES string of the molecule is CN1C(=O)c2cc(F)ccc2N(C(=O)CCl)c2ccccc21. The summed E-state index contributed by atoms with van der Waals surface area (Å²) < 4.78 is 13.6. The van der Waals surface area contributed by atoms with Gasteiger partial charge in [0.15, 0.2) is 0 Å². The van der Waals surface area contributed by atoms with Crippen LogP contribution in [0, 0.1) is 5.82 Å². The van der Waals surface area contributed by atoms with E-state index in [-0.39, 0.29) is 23.3 Å². The van der Waals surface area contributed by atoms with Gasteiger partial charge in [-0.3, -0.25) is 14.5 Å². The van der Waals surface area contributed by atoms with E-state index in [1.165, 1.54) is 21.9 Å². The number of nitrogens with zero attached hydrogens (tertiary/aromatic N) is 2. The molecule has 0 radical (unpaired) electrons. The number of halogens is 2. The van der Waals surface area contributed by atoms with Crippen molar-refractivity contribution < 1.29 is 14.0 Å². The molecule has 0 aliphatic carbocycles. The van der Waals surface area contributed by atoms with E-state index < -0.39 is 5.82 Å². The van der Waals surface area contributed by atoms with E-state index >= 15 is 0 Å². The number of anilines is 3. The monoisotopic (exact) mass is 318 g/mol. The molecular weight excluding hydrogens is 307 g/mol. The summed E-state index contributed by atoms with van der Waals surface area (Å²) in [7, 11) is 1.59. The molecular formula is C16H12ClFN2O2. The molecule has 1 aliphatic rings. The number of amides is 2. The Balaban J connectivity index is 2.35. The zero-order valence-corrected chi connectivity index (χ0v) is 12.5. The highest BCUT2D eigenvalue weighted by Gasteiger charge is 2.31. The fourth-order valence-corrected chi connectivity index (χ4v) is 2.68. The van der Waals surface area contributed by atoms with Gasteiger partial charge < -0.3 is 4.90 Å². The molecule has 4 nitrogen and oxygen atoms in total. The lowest BCUT2D eigenvalue weighted by Crippen LogP contribution is -2.27. The summed E-state index contributed by atoms with van der Waals surface area (Å²) in [6.45, 7) is 0. The van der Waals surface area contributed by atoms with Gasteiger partial charge in [0, 0.05) is 7.05 Å². The van der Waals surface area contributed by atoms with Crippen LogP contribution in [0.4, 0.5) is 21.5 Å². The van der Waals surface area contributed by atoms with Gasteiger partial charge in [-0.05, 0) is 30.3 Å². The van der Waals surface area contributed by atoms with Crippen molar-refractivity contribution in [3.05, 3.63) is 53.8 Å². The Hall–Kier alpha value is -2.40. The van der Waals surface area contributed by atoms with Gasteiger partial charge in [-0.2, -0.15) is 0 Å². The number of para-hydroxylation sites is 2. The predicted molar refractivity (Wildman–Crippen MR) is 83.4 cm³/mol. The summed E-state index contributed by atoms with van der Waals surface area (Å²) in [6.07, 6.45) is 0. The molecule has 112 valence electrons. The number of benzene rings is 2. The normalized spacial score (nSPS) is 13.5. The number of fused-ring (bicyclic) bond motifs is 2. The Labute approximate surface area is 131 Å². The maximum Gasteiger partial charge on any atom is 0.260 e. The van der Waals surface area contributed by atoms with Gasteiger partial charge in [0.1, 0.15) is 11.7 Å². The first-order chi connectivity index (χ1) is 10.5. The maximum absolute atomic E-state index is 13.6. The van der Waals surface area contributed by atoms with Crippen LogP contribution in [-0.2, 0) is 4.79 Å². The van der Waals surface area contributed by atoms with Crippen LogP contribution in [0.3, 0.4) is 0 Å². The predicted octanol–water partition coefficient (Wildman–Crippen LogP) is 3.32. The lowest BCUT2D eigenvalue weighted by atomic mass is 10.1. The molecule has 2 aromatic rings. The third-order valence-electron chi connectivity index (χ3n) is 3.58. The van der Waals surface area contributed by atoms with E-state index in [1.54, 1.807) is 31.3 Å². The van der Waals surface area contributed by atoms with Gasteiger partial charge in [-0.25, -0.2) is 4.39 Å². The molecule has 0 fully saturated rings. The van der Waals surface area contributed by atoms with Crippen LogP contribution in [0.2, 0.25) is 0 Å². The summed E-state index contributed by atoms with van der Waals surface area (Å²) in [6, 6.07) is 10.8. The van der Waals surface area contributed by atoms with Crippen molar-refractivity contribution in [2.75, 3.05) is 22.7 Å². The van der Waals surface area contributed by atoms with Gasteiger partial charge in [-0.15, -0.1) is 11.6 Å². The fourth-order valence-electron chi connectivity index (χ4n) is 2.56. The van der Waals surface area contributed by atoms with Crippen LogP contribution < -0.4 is 9.80 Å². The van der Waals surface area contributed by atoms with E-state index in [9.17, 15) is 14.0 Å². The molecule has 6 heteroatoms. The van der Waals surface area contributed by atoms with Crippen molar-refractivity contribution in [3.63, 3.8) is 0 Å². The quantitative estimate of drug-likeness (QED) is 0.757. The molecule has 2 aromatic carbocycles. The zero-order chi connectivity index (χ0) is 15.9. The van der Waals surface area contributed by atoms with Crippen molar-refractivity contribution in [1.29, 1.82) is 0 Å². The minimum Gasteiger partial charge on any atom is -0.309 e. The van der Waals surface area contributed by atoms with E-state index in [4.69, 9.17) is 11.6 Å². The van der Waals surface area contributed by atoms with Crippen LogP contribution in [0.25, 0.3) is 0 Å². The third-order valence-corrected chi connectivity index (χ3v) is 3.81. The van der Waals surface area contributed by atoms with Crippen LogP contribution in [0.15, 0.2) is 42.5 Å². The van der Waals surface area contributed by atoms with Crippen molar-refractivity contribution >= 4 is 40.5 Å². The zero-order valence-electron chi connectivity index (χ0n) is 11.7. The van der Waals surface area contributed by atoms with Crippen LogP contribution >= 0.6 is 11.6 Å². The summed E-state index contributed by atoms with van der Waals surface area (Å²) in [4.78, 5) is 27.7. The first-order valence-corrected chi connectivity index (χ1v) is 7.13. The molecule has 0 N–H and O–H groups in total. The Morgan fingerprint density at radius 3 is 2.50 bits per heavy atom. The summed E-state index contributed by atoms with van der Waals surface area (Å²) >= 11 is 5.71. The van der Waals surface area contributed by atoms with Gasteiger partial charge in [0.2, 0.25) is 5.91 Å². The second-order valence-corrected chi connectivity index (χ2v) is 5.14. The molecule has 0 spiro atoms. The Kier molecular flexibility index (Phi) is 3.58. The summed E-state index contributed by atoms with van der Waals surface area (Å²) in [5.74, 6) is -1.55. The molecule has 0 saturated heterocycles. The fraction of sp³-hybridized carbons (Fsp3) is 0.125. The van der Waals surface area contributed by atoms with E-state index in [0.717, 1.165) is 6.07 Å². The second kappa shape index (κ2) is 5.42. The third kappa shape index (κ3) is 2.14. The summed E-state index contributed by atoms with van der Waals surface area (Å²) in [5, 5.41) is 0. The first kappa shape index (κ1) is 14.5. The largest absolute Gasteiger partial charge is 0.309 e. The number of alkyl halides is 1. The lowest BCUT2D eigenvalue weighted by Gasteiger charge is -2.23. The van der Waals surface area contributed by atoms with Crippen LogP contribution in [-0.4, -0.2) is 24.7 Å². The molecule has 22 heavy (non-hydrogen) atoms. The van der Waals surface area contributed by atoms with Gasteiger partial charge >= 0.3 is 0 Å². The molecule has 0 atom stereocenters. The Morgan fingerprint density at radius 1 is 1.14 bits per heavy atom. The number of hydrogen-bond acceptors (Lipinski definition) is 2. The van der Waals surface area contributed by atoms with Gasteiger partial charge in [-0.1, -0.05) is 12.1 Å². The molecule has 0 bridgehead atoms. The topological polar surface area (TPSA) is 40.6 Å². The minimum atomic E-state index is -0.537. The van der Waals surface area contributed by atoms with Gasteiger partial charge in [0.05, 0.1) is 22.6 Å². The lowest BCUT2D eigenvalue weighted by molar-refractivity contribution is -0.115. The molecule has 1 aliphatic heterocycles. The number of rotatable bonds is 1. The Bertz CT molecular complexity index is 778. The number of hydrogen-bond donors (Lipinski definition) is 0. The van der Waals surface area contributed by atoms with Crippen molar-refractivity contribution in [2.45, 2.75) is 0 Å². The highest BCUT2D eigenvalue weighted by atomic mass is 35.5. The number of carbonyl (C=O) groups is 2. The molecule has 0 saturated carbocycles. The molecule has 1 heterocycles. The van der Waals surface area contributed by atoms with E-state index in [0.29, 0.717) is 17.1 Å². The minimum absolute atomic E-state index is 0.122. The van der Waals surface area contributed by atoms with Crippen LogP contribution in [0.5, 0.6) is 0 Å². The smallest absolute Gasteiger partial charge is 0.260 e. The maximum atomic E-state index is 13.6. The highest BCUT2D eigenvalue weighted by molar-refractivity contribution is 6.31. The molecule has 0 unspecified atom stereocenters. The van der Waals surface area contributed by atoms with Gasteiger partial charge in [0.25, 0.3) is 5.91 Å². The number of carbonyl (C=O) groups excluding carboxylic acids is 2. The van der Waals surface area contributed by atoms with Crippen LogP contribution in [0.1, 0.15) is 10.4 Å². The average molecular weight is 319 g/mol. The first-order valence-electron chi connectivity index (χ1n) is 6.60. The second-order valence-electron chi connectivity index (χ2n) is 4.88. The molecule has 3 rings (SSSR count). The Morgan fingerprint density at radius 2 is 1.82 bits per heavy atom. The standard InChI is InChI=1S/C16H12ClFN2O2/c1-19-13-4-2-3-5-14(13)20(15(21)9-17)12-7-6-10(18)8-11(12)16(19)22/h2-8H,9H2,1H3. The van der Waals surface area contributed by atoms with Crippen molar-refractivity contribution in [1.82, 2.24) is 0 Å². The molecule has 0 aromatic heterocycles. The van der Waals surface area contributed by atoms with Crippen molar-refractivity contribution in [3.8, 4) is 0 Å². The average Bonchev–Trinajstić information content (AvgIpc) is 2.62.